The Labute approximate surface area is 105 Å². The largest absolute Gasteiger partial charge is 0.342 e. The maximum Gasteiger partial charge on any atom is 0.236 e. The van der Waals surface area contributed by atoms with E-state index in [1.807, 2.05) is 18.7 Å². The molecular formula is C13H27N3O. The van der Waals surface area contributed by atoms with Crippen LogP contribution in [0.1, 0.15) is 33.1 Å². The van der Waals surface area contributed by atoms with Gasteiger partial charge in [0.15, 0.2) is 0 Å². The summed E-state index contributed by atoms with van der Waals surface area (Å²) < 4.78 is 0. The van der Waals surface area contributed by atoms with Crippen molar-refractivity contribution >= 4 is 5.91 Å². The normalized spacial score (nSPS) is 22.2. The van der Waals surface area contributed by atoms with Gasteiger partial charge in [0.05, 0.1) is 6.54 Å². The number of hydrogen-bond acceptors (Lipinski definition) is 3. The standard InChI is InChI=1S/C13H27N3O/c1-4-16(5-2)13(17)11-14-12-7-6-9-15(3)10-8-12/h12,14H,4-11H2,1-3H3. The molecule has 1 aliphatic rings. The lowest BCUT2D eigenvalue weighted by molar-refractivity contribution is -0.130. The molecule has 1 unspecified atom stereocenters. The summed E-state index contributed by atoms with van der Waals surface area (Å²) in [6.07, 6.45) is 3.57. The van der Waals surface area contributed by atoms with E-state index in [1.54, 1.807) is 0 Å². The zero-order chi connectivity index (χ0) is 12.7. The van der Waals surface area contributed by atoms with E-state index in [0.29, 0.717) is 12.6 Å². The molecule has 1 amide bonds. The number of nitrogens with one attached hydrogen (secondary N) is 1. The molecule has 1 fully saturated rings. The quantitative estimate of drug-likeness (QED) is 0.778. The molecule has 4 heteroatoms. The molecule has 0 aromatic heterocycles. The summed E-state index contributed by atoms with van der Waals surface area (Å²) in [6.45, 7) is 8.49. The summed E-state index contributed by atoms with van der Waals surface area (Å²) in [6, 6.07) is 0.513. The number of amides is 1. The average Bonchev–Trinajstić information content (AvgIpc) is 2.53. The van der Waals surface area contributed by atoms with Gasteiger partial charge in [-0.15, -0.1) is 0 Å². The molecule has 17 heavy (non-hydrogen) atoms. The molecule has 0 radical (unpaired) electrons. The summed E-state index contributed by atoms with van der Waals surface area (Å²) in [5, 5.41) is 3.41. The Morgan fingerprint density at radius 1 is 1.29 bits per heavy atom. The van der Waals surface area contributed by atoms with Gasteiger partial charge >= 0.3 is 0 Å². The zero-order valence-electron chi connectivity index (χ0n) is 11.5. The van der Waals surface area contributed by atoms with Gasteiger partial charge in [-0.2, -0.15) is 0 Å². The van der Waals surface area contributed by atoms with Crippen LogP contribution in [0.5, 0.6) is 0 Å². The van der Waals surface area contributed by atoms with E-state index < -0.39 is 0 Å². The first-order valence-electron chi connectivity index (χ1n) is 6.87. The first-order chi connectivity index (χ1) is 8.17. The summed E-state index contributed by atoms with van der Waals surface area (Å²) in [4.78, 5) is 16.1. The highest BCUT2D eigenvalue weighted by molar-refractivity contribution is 5.78. The Morgan fingerprint density at radius 3 is 2.65 bits per heavy atom. The fourth-order valence-corrected chi connectivity index (χ4v) is 2.36. The van der Waals surface area contributed by atoms with Crippen molar-refractivity contribution in [2.24, 2.45) is 0 Å². The van der Waals surface area contributed by atoms with E-state index in [1.165, 1.54) is 19.4 Å². The fraction of sp³-hybridized carbons (Fsp3) is 0.923. The molecule has 1 heterocycles. The Bertz CT molecular complexity index is 229. The second-order valence-electron chi connectivity index (χ2n) is 4.88. The highest BCUT2D eigenvalue weighted by atomic mass is 16.2. The monoisotopic (exact) mass is 241 g/mol. The van der Waals surface area contributed by atoms with Gasteiger partial charge in [-0.25, -0.2) is 0 Å². The first-order valence-corrected chi connectivity index (χ1v) is 6.87. The molecule has 1 saturated heterocycles. The van der Waals surface area contributed by atoms with Crippen molar-refractivity contribution in [3.8, 4) is 0 Å². The number of nitrogens with zero attached hydrogens (tertiary/aromatic N) is 2. The molecule has 1 aliphatic heterocycles. The maximum absolute atomic E-state index is 11.9. The van der Waals surface area contributed by atoms with Crippen LogP contribution in [-0.2, 0) is 4.79 Å². The summed E-state index contributed by atoms with van der Waals surface area (Å²) >= 11 is 0. The van der Waals surface area contributed by atoms with Crippen molar-refractivity contribution in [2.45, 2.75) is 39.2 Å². The molecule has 0 saturated carbocycles. The lowest BCUT2D eigenvalue weighted by atomic mass is 10.1. The van der Waals surface area contributed by atoms with E-state index in [0.717, 1.165) is 26.1 Å². The molecule has 0 aromatic carbocycles. The van der Waals surface area contributed by atoms with Crippen LogP contribution >= 0.6 is 0 Å². The van der Waals surface area contributed by atoms with Crippen LogP contribution in [0.4, 0.5) is 0 Å². The molecule has 4 nitrogen and oxygen atoms in total. The van der Waals surface area contributed by atoms with Crippen molar-refractivity contribution in [2.75, 3.05) is 39.8 Å². The summed E-state index contributed by atoms with van der Waals surface area (Å²) in [5.74, 6) is 0.229. The van der Waals surface area contributed by atoms with Gasteiger partial charge in [0.1, 0.15) is 0 Å². The molecule has 1 rings (SSSR count). The van der Waals surface area contributed by atoms with Crippen LogP contribution in [0.15, 0.2) is 0 Å². The van der Waals surface area contributed by atoms with Gasteiger partial charge < -0.3 is 15.1 Å². The second kappa shape index (κ2) is 7.67. The molecule has 1 atom stereocenters. The van der Waals surface area contributed by atoms with E-state index in [4.69, 9.17) is 0 Å². The topological polar surface area (TPSA) is 35.6 Å². The minimum Gasteiger partial charge on any atom is -0.342 e. The van der Waals surface area contributed by atoms with Gasteiger partial charge in [-0.05, 0) is 53.2 Å². The lowest BCUT2D eigenvalue weighted by Gasteiger charge is -2.21. The Balaban J connectivity index is 2.27. The minimum atomic E-state index is 0.229. The van der Waals surface area contributed by atoms with E-state index >= 15 is 0 Å². The number of likely N-dealkylation sites (N-methyl/N-ethyl adjacent to an activating group) is 1. The zero-order valence-corrected chi connectivity index (χ0v) is 11.5. The van der Waals surface area contributed by atoms with Crippen LogP contribution in [0.2, 0.25) is 0 Å². The Hall–Kier alpha value is -0.610. The van der Waals surface area contributed by atoms with Crippen molar-refractivity contribution in [1.82, 2.24) is 15.1 Å². The third-order valence-electron chi connectivity index (χ3n) is 3.61. The highest BCUT2D eigenvalue weighted by Gasteiger charge is 2.16. The van der Waals surface area contributed by atoms with Crippen LogP contribution in [0.3, 0.4) is 0 Å². The third-order valence-corrected chi connectivity index (χ3v) is 3.61. The van der Waals surface area contributed by atoms with Gasteiger partial charge in [0.25, 0.3) is 0 Å². The predicted octanol–water partition coefficient (Wildman–Crippen LogP) is 0.929. The van der Waals surface area contributed by atoms with Crippen molar-refractivity contribution in [3.05, 3.63) is 0 Å². The van der Waals surface area contributed by atoms with Crippen molar-refractivity contribution in [1.29, 1.82) is 0 Å². The number of carbonyl (C=O) groups is 1. The first kappa shape index (κ1) is 14.5. The third kappa shape index (κ3) is 5.04. The van der Waals surface area contributed by atoms with Gasteiger partial charge in [0.2, 0.25) is 5.91 Å². The smallest absolute Gasteiger partial charge is 0.236 e. The summed E-state index contributed by atoms with van der Waals surface area (Å²) in [5.41, 5.74) is 0. The molecule has 0 bridgehead atoms. The highest BCUT2D eigenvalue weighted by Crippen LogP contribution is 2.09. The van der Waals surface area contributed by atoms with Crippen LogP contribution in [0.25, 0.3) is 0 Å². The average molecular weight is 241 g/mol. The minimum absolute atomic E-state index is 0.229. The van der Waals surface area contributed by atoms with E-state index in [-0.39, 0.29) is 5.91 Å². The predicted molar refractivity (Wildman–Crippen MR) is 71.1 cm³/mol. The molecule has 0 aromatic rings. The van der Waals surface area contributed by atoms with Crippen molar-refractivity contribution in [3.63, 3.8) is 0 Å². The van der Waals surface area contributed by atoms with Crippen molar-refractivity contribution < 1.29 is 4.79 Å². The maximum atomic E-state index is 11.9. The number of hydrogen-bond donors (Lipinski definition) is 1. The molecule has 100 valence electrons. The Kier molecular flexibility index (Phi) is 6.52. The number of carbonyl (C=O) groups excluding carboxylic acids is 1. The van der Waals surface area contributed by atoms with Crippen LogP contribution < -0.4 is 5.32 Å². The van der Waals surface area contributed by atoms with Gasteiger partial charge in [-0.3, -0.25) is 4.79 Å². The molecular weight excluding hydrogens is 214 g/mol. The SMILES string of the molecule is CCN(CC)C(=O)CNC1CCCN(C)CC1. The number of likely N-dealkylation sites (tertiary alicyclic amines) is 1. The lowest BCUT2D eigenvalue weighted by Crippen LogP contribution is -2.41. The molecule has 1 N–H and O–H groups in total. The summed E-state index contributed by atoms with van der Waals surface area (Å²) in [7, 11) is 2.17. The molecule has 0 spiro atoms. The van der Waals surface area contributed by atoms with Crippen LogP contribution in [0, 0.1) is 0 Å². The second-order valence-corrected chi connectivity index (χ2v) is 4.88. The van der Waals surface area contributed by atoms with Crippen LogP contribution in [-0.4, -0.2) is 61.5 Å². The number of rotatable bonds is 5. The molecule has 0 aliphatic carbocycles. The van der Waals surface area contributed by atoms with E-state index in [2.05, 4.69) is 17.3 Å². The van der Waals surface area contributed by atoms with Gasteiger partial charge in [0, 0.05) is 19.1 Å². The Morgan fingerprint density at radius 2 is 2.00 bits per heavy atom. The fourth-order valence-electron chi connectivity index (χ4n) is 2.36. The van der Waals surface area contributed by atoms with Gasteiger partial charge in [-0.1, -0.05) is 0 Å². The van der Waals surface area contributed by atoms with E-state index in [9.17, 15) is 4.79 Å².